The van der Waals surface area contributed by atoms with E-state index in [1.54, 1.807) is 17.6 Å². The zero-order chi connectivity index (χ0) is 18.7. The third-order valence-electron chi connectivity index (χ3n) is 4.93. The van der Waals surface area contributed by atoms with E-state index in [2.05, 4.69) is 15.6 Å². The largest absolute Gasteiger partial charge is 0.469 e. The van der Waals surface area contributed by atoms with Gasteiger partial charge in [0, 0.05) is 24.8 Å². The van der Waals surface area contributed by atoms with E-state index in [4.69, 9.17) is 4.42 Å². The van der Waals surface area contributed by atoms with Crippen LogP contribution in [0.2, 0.25) is 0 Å². The molecule has 1 aromatic carbocycles. The maximum absolute atomic E-state index is 12.3. The summed E-state index contributed by atoms with van der Waals surface area (Å²) in [6.45, 7) is 0.426. The van der Waals surface area contributed by atoms with Crippen molar-refractivity contribution >= 4 is 33.4 Å². The SMILES string of the molecule is O=C(CCC1(Cc2ccco2)CCC(=O)N1)NCc1nc2ccccc2s1. The Balaban J connectivity index is 1.33. The Morgan fingerprint density at radius 2 is 2.19 bits per heavy atom. The van der Waals surface area contributed by atoms with E-state index in [0.29, 0.717) is 32.2 Å². The minimum absolute atomic E-state index is 0.0331. The predicted molar refractivity (Wildman–Crippen MR) is 103 cm³/mol. The molecule has 0 saturated carbocycles. The second kappa shape index (κ2) is 7.52. The molecule has 7 heteroatoms. The molecule has 3 heterocycles. The Morgan fingerprint density at radius 1 is 1.30 bits per heavy atom. The van der Waals surface area contributed by atoms with Gasteiger partial charge < -0.3 is 15.1 Å². The van der Waals surface area contributed by atoms with Crippen molar-refractivity contribution in [2.75, 3.05) is 0 Å². The number of carbonyl (C=O) groups is 2. The standard InChI is InChI=1S/C20H21N3O3S/c24-17(21-13-19-22-15-5-1-2-6-16(15)27-19)7-9-20(10-8-18(25)23-20)12-14-4-3-11-26-14/h1-6,11H,7-10,12-13H2,(H,21,24)(H,23,25). The molecule has 2 amide bonds. The van der Waals surface area contributed by atoms with Gasteiger partial charge in [0.2, 0.25) is 11.8 Å². The highest BCUT2D eigenvalue weighted by atomic mass is 32.1. The van der Waals surface area contributed by atoms with E-state index in [-0.39, 0.29) is 11.8 Å². The first kappa shape index (κ1) is 17.7. The topological polar surface area (TPSA) is 84.2 Å². The Kier molecular flexibility index (Phi) is 4.94. The molecule has 1 fully saturated rings. The van der Waals surface area contributed by atoms with E-state index in [0.717, 1.165) is 27.4 Å². The molecular formula is C20H21N3O3S. The molecule has 0 spiro atoms. The monoisotopic (exact) mass is 383 g/mol. The fourth-order valence-electron chi connectivity index (χ4n) is 3.54. The summed E-state index contributed by atoms with van der Waals surface area (Å²) in [6.07, 6.45) is 4.39. The molecule has 0 radical (unpaired) electrons. The van der Waals surface area contributed by atoms with E-state index < -0.39 is 5.54 Å². The fourth-order valence-corrected chi connectivity index (χ4v) is 4.45. The minimum Gasteiger partial charge on any atom is -0.469 e. The van der Waals surface area contributed by atoms with E-state index >= 15 is 0 Å². The number of nitrogens with zero attached hydrogens (tertiary/aromatic N) is 1. The van der Waals surface area contributed by atoms with Crippen LogP contribution >= 0.6 is 11.3 Å². The smallest absolute Gasteiger partial charge is 0.220 e. The molecule has 6 nitrogen and oxygen atoms in total. The number of amides is 2. The third-order valence-corrected chi connectivity index (χ3v) is 5.97. The highest BCUT2D eigenvalue weighted by Crippen LogP contribution is 2.29. The summed E-state index contributed by atoms with van der Waals surface area (Å²) < 4.78 is 6.56. The highest BCUT2D eigenvalue weighted by Gasteiger charge is 2.38. The Bertz CT molecular complexity index is 917. The average Bonchev–Trinajstić information content (AvgIpc) is 3.39. The summed E-state index contributed by atoms with van der Waals surface area (Å²) in [5.74, 6) is 0.831. The Labute approximate surface area is 161 Å². The van der Waals surface area contributed by atoms with Crippen molar-refractivity contribution in [2.24, 2.45) is 0 Å². The summed E-state index contributed by atoms with van der Waals surface area (Å²) in [5.41, 5.74) is 0.556. The second-order valence-electron chi connectivity index (χ2n) is 6.94. The molecule has 2 N–H and O–H groups in total. The number of rotatable bonds is 7. The number of para-hydroxylation sites is 1. The van der Waals surface area contributed by atoms with Crippen molar-refractivity contribution in [3.63, 3.8) is 0 Å². The van der Waals surface area contributed by atoms with Crippen molar-refractivity contribution in [2.45, 2.75) is 44.2 Å². The molecule has 27 heavy (non-hydrogen) atoms. The van der Waals surface area contributed by atoms with Crippen molar-refractivity contribution in [3.05, 3.63) is 53.4 Å². The van der Waals surface area contributed by atoms with Crippen LogP contribution in [0, 0.1) is 0 Å². The number of carbonyl (C=O) groups excluding carboxylic acids is 2. The minimum atomic E-state index is -0.401. The van der Waals surface area contributed by atoms with Gasteiger partial charge in [-0.15, -0.1) is 11.3 Å². The summed E-state index contributed by atoms with van der Waals surface area (Å²) >= 11 is 1.59. The third kappa shape index (κ3) is 4.19. The van der Waals surface area contributed by atoms with Crippen molar-refractivity contribution in [1.82, 2.24) is 15.6 Å². The Morgan fingerprint density at radius 3 is 2.93 bits per heavy atom. The van der Waals surface area contributed by atoms with Gasteiger partial charge in [-0.25, -0.2) is 4.98 Å². The molecule has 1 aliphatic rings. The van der Waals surface area contributed by atoms with Gasteiger partial charge in [-0.05, 0) is 37.1 Å². The lowest BCUT2D eigenvalue weighted by atomic mass is 9.87. The number of aromatic nitrogens is 1. The van der Waals surface area contributed by atoms with Gasteiger partial charge in [-0.2, -0.15) is 0 Å². The zero-order valence-corrected chi connectivity index (χ0v) is 15.7. The molecule has 3 aromatic rings. The lowest BCUT2D eigenvalue weighted by molar-refractivity contribution is -0.122. The molecular weight excluding hydrogens is 362 g/mol. The van der Waals surface area contributed by atoms with Gasteiger partial charge in [-0.1, -0.05) is 12.1 Å². The Hall–Kier alpha value is -2.67. The van der Waals surface area contributed by atoms with Crippen LogP contribution in [0.15, 0.2) is 47.1 Å². The highest BCUT2D eigenvalue weighted by molar-refractivity contribution is 7.18. The van der Waals surface area contributed by atoms with Crippen molar-refractivity contribution < 1.29 is 14.0 Å². The second-order valence-corrected chi connectivity index (χ2v) is 8.05. The molecule has 4 rings (SSSR count). The average molecular weight is 383 g/mol. The van der Waals surface area contributed by atoms with Gasteiger partial charge in [0.25, 0.3) is 0 Å². The van der Waals surface area contributed by atoms with Crippen LogP contribution in [0.4, 0.5) is 0 Å². The molecule has 0 bridgehead atoms. The van der Waals surface area contributed by atoms with Crippen LogP contribution < -0.4 is 10.6 Å². The normalized spacial score (nSPS) is 19.3. The van der Waals surface area contributed by atoms with Crippen molar-refractivity contribution in [1.29, 1.82) is 0 Å². The van der Waals surface area contributed by atoms with Crippen LogP contribution in [0.3, 0.4) is 0 Å². The quantitative estimate of drug-likeness (QED) is 0.656. The van der Waals surface area contributed by atoms with E-state index in [1.807, 2.05) is 36.4 Å². The summed E-state index contributed by atoms with van der Waals surface area (Å²) in [4.78, 5) is 28.7. The molecule has 1 saturated heterocycles. The first-order valence-corrected chi connectivity index (χ1v) is 9.88. The molecule has 1 atom stereocenters. The molecule has 1 aliphatic heterocycles. The zero-order valence-electron chi connectivity index (χ0n) is 14.9. The number of nitrogens with one attached hydrogen (secondary N) is 2. The van der Waals surface area contributed by atoms with Crippen LogP contribution in [0.1, 0.15) is 36.5 Å². The molecule has 140 valence electrons. The summed E-state index contributed by atoms with van der Waals surface area (Å²) in [6, 6.07) is 11.7. The fraction of sp³-hybridized carbons (Fsp3) is 0.350. The summed E-state index contributed by atoms with van der Waals surface area (Å²) in [7, 11) is 0. The molecule has 0 aliphatic carbocycles. The summed E-state index contributed by atoms with van der Waals surface area (Å²) in [5, 5.41) is 6.90. The number of furan rings is 1. The first-order valence-electron chi connectivity index (χ1n) is 9.06. The van der Waals surface area contributed by atoms with Crippen LogP contribution in [0.25, 0.3) is 10.2 Å². The number of benzene rings is 1. The van der Waals surface area contributed by atoms with Gasteiger partial charge in [0.1, 0.15) is 10.8 Å². The van der Waals surface area contributed by atoms with Gasteiger partial charge in [-0.3, -0.25) is 9.59 Å². The van der Waals surface area contributed by atoms with Gasteiger partial charge in [0.15, 0.2) is 0 Å². The lowest BCUT2D eigenvalue weighted by Gasteiger charge is -2.28. The maximum atomic E-state index is 12.3. The molecule has 1 unspecified atom stereocenters. The molecule has 2 aromatic heterocycles. The van der Waals surface area contributed by atoms with Crippen LogP contribution in [-0.4, -0.2) is 22.3 Å². The van der Waals surface area contributed by atoms with Gasteiger partial charge in [0.05, 0.1) is 23.0 Å². The lowest BCUT2D eigenvalue weighted by Crippen LogP contribution is -2.44. The van der Waals surface area contributed by atoms with Crippen molar-refractivity contribution in [3.8, 4) is 0 Å². The predicted octanol–water partition coefficient (Wildman–Crippen LogP) is 3.18. The number of hydrogen-bond acceptors (Lipinski definition) is 5. The number of thiazole rings is 1. The number of fused-ring (bicyclic) bond motifs is 1. The van der Waals surface area contributed by atoms with Crippen LogP contribution in [0.5, 0.6) is 0 Å². The first-order chi connectivity index (χ1) is 13.1. The van der Waals surface area contributed by atoms with E-state index in [9.17, 15) is 9.59 Å². The maximum Gasteiger partial charge on any atom is 0.220 e. The van der Waals surface area contributed by atoms with Crippen LogP contribution in [-0.2, 0) is 22.6 Å². The van der Waals surface area contributed by atoms with Gasteiger partial charge >= 0.3 is 0 Å². The van der Waals surface area contributed by atoms with E-state index in [1.165, 1.54) is 0 Å². The number of hydrogen-bond donors (Lipinski definition) is 2.